The van der Waals surface area contributed by atoms with Gasteiger partial charge >= 0.3 is 0 Å². The number of carbonyl (C=O) groups excluding carboxylic acids is 4. The van der Waals surface area contributed by atoms with E-state index >= 15 is 0 Å². The van der Waals surface area contributed by atoms with Crippen LogP contribution >= 0.6 is 11.8 Å². The molecule has 0 amide bonds. The topological polar surface area (TPSA) is 68.3 Å². The molecular formula is C12H18O4S. The van der Waals surface area contributed by atoms with Crippen LogP contribution in [0.3, 0.4) is 0 Å². The van der Waals surface area contributed by atoms with E-state index in [1.165, 1.54) is 39.5 Å². The van der Waals surface area contributed by atoms with Crippen molar-refractivity contribution in [1.29, 1.82) is 0 Å². The summed E-state index contributed by atoms with van der Waals surface area (Å²) in [5.74, 6) is -1.28. The van der Waals surface area contributed by atoms with E-state index in [1.54, 1.807) is 0 Å². The Labute approximate surface area is 106 Å². The molecule has 0 aromatic heterocycles. The van der Waals surface area contributed by atoms with Crippen molar-refractivity contribution in [2.24, 2.45) is 11.8 Å². The first kappa shape index (κ1) is 16.0. The Morgan fingerprint density at radius 3 is 1.12 bits per heavy atom. The molecule has 96 valence electrons. The second-order valence-electron chi connectivity index (χ2n) is 4.09. The second kappa shape index (κ2) is 7.37. The fraction of sp³-hybridized carbons (Fsp3) is 0.667. The van der Waals surface area contributed by atoms with E-state index < -0.39 is 11.8 Å². The molecule has 0 radical (unpaired) electrons. The van der Waals surface area contributed by atoms with Gasteiger partial charge in [0.05, 0.1) is 11.8 Å². The van der Waals surface area contributed by atoms with Gasteiger partial charge in [-0.1, -0.05) is 0 Å². The van der Waals surface area contributed by atoms with Crippen LogP contribution in [0.15, 0.2) is 0 Å². The average molecular weight is 258 g/mol. The van der Waals surface area contributed by atoms with Crippen LogP contribution in [0.1, 0.15) is 27.7 Å². The Hall–Kier alpha value is -0.970. The highest BCUT2D eigenvalue weighted by molar-refractivity contribution is 7.99. The number of hydrogen-bond acceptors (Lipinski definition) is 5. The summed E-state index contributed by atoms with van der Waals surface area (Å²) in [7, 11) is 0. The van der Waals surface area contributed by atoms with Crippen LogP contribution in [0.5, 0.6) is 0 Å². The maximum Gasteiger partial charge on any atom is 0.141 e. The highest BCUT2D eigenvalue weighted by atomic mass is 32.2. The third-order valence-corrected chi connectivity index (χ3v) is 3.67. The zero-order valence-corrected chi connectivity index (χ0v) is 11.4. The minimum absolute atomic E-state index is 0.174. The van der Waals surface area contributed by atoms with Gasteiger partial charge in [0.2, 0.25) is 0 Å². The van der Waals surface area contributed by atoms with Crippen LogP contribution in [0.4, 0.5) is 0 Å². The van der Waals surface area contributed by atoms with Gasteiger partial charge in [0.15, 0.2) is 0 Å². The Morgan fingerprint density at radius 2 is 0.941 bits per heavy atom. The summed E-state index contributed by atoms with van der Waals surface area (Å²) < 4.78 is 0. The fourth-order valence-corrected chi connectivity index (χ4v) is 2.89. The molecule has 0 N–H and O–H groups in total. The molecule has 0 aromatic rings. The normalized spacial score (nSPS) is 10.7. The molecule has 4 nitrogen and oxygen atoms in total. The third kappa shape index (κ3) is 5.77. The van der Waals surface area contributed by atoms with Gasteiger partial charge in [0, 0.05) is 11.5 Å². The molecule has 0 aromatic carbocycles. The molecule has 0 saturated carbocycles. The molecule has 17 heavy (non-hydrogen) atoms. The second-order valence-corrected chi connectivity index (χ2v) is 5.16. The highest BCUT2D eigenvalue weighted by Crippen LogP contribution is 2.16. The summed E-state index contributed by atoms with van der Waals surface area (Å²) in [6.45, 7) is 5.50. The lowest BCUT2D eigenvalue weighted by molar-refractivity contribution is -0.130. The first-order valence-electron chi connectivity index (χ1n) is 5.37. The van der Waals surface area contributed by atoms with Gasteiger partial charge in [0.1, 0.15) is 23.1 Å². The molecule has 0 rings (SSSR count). The average Bonchev–Trinajstić information content (AvgIpc) is 2.14. The summed E-state index contributed by atoms with van der Waals surface area (Å²) in [4.78, 5) is 44.6. The molecule has 0 fully saturated rings. The lowest BCUT2D eigenvalue weighted by Gasteiger charge is -2.12. The van der Waals surface area contributed by atoms with Crippen molar-refractivity contribution >= 4 is 34.9 Å². The number of ketones is 4. The van der Waals surface area contributed by atoms with Crippen molar-refractivity contribution in [1.82, 2.24) is 0 Å². The number of thioether (sulfide) groups is 1. The van der Waals surface area contributed by atoms with Crippen molar-refractivity contribution in [3.63, 3.8) is 0 Å². The smallest absolute Gasteiger partial charge is 0.141 e. The Kier molecular flexibility index (Phi) is 6.95. The summed E-state index contributed by atoms with van der Waals surface area (Å²) >= 11 is 1.30. The van der Waals surface area contributed by atoms with E-state index in [4.69, 9.17) is 0 Å². The molecule has 0 spiro atoms. The van der Waals surface area contributed by atoms with Crippen LogP contribution in [-0.2, 0) is 19.2 Å². The maximum absolute atomic E-state index is 11.2. The standard InChI is InChI=1S/C12H18O4S/c1-7(13)11(8(2)14)5-17-6-12(9(3)15)10(4)16/h11-12H,5-6H2,1-4H3. The van der Waals surface area contributed by atoms with Gasteiger partial charge in [-0.3, -0.25) is 19.2 Å². The molecule has 0 aliphatic rings. The van der Waals surface area contributed by atoms with Gasteiger partial charge < -0.3 is 0 Å². The Balaban J connectivity index is 4.29. The molecular weight excluding hydrogens is 240 g/mol. The fourth-order valence-electron chi connectivity index (χ4n) is 1.35. The molecule has 0 bridgehead atoms. The van der Waals surface area contributed by atoms with Gasteiger partial charge in [0.25, 0.3) is 0 Å². The largest absolute Gasteiger partial charge is 0.299 e. The summed E-state index contributed by atoms with van der Waals surface area (Å²) in [5, 5.41) is 0. The molecule has 0 atom stereocenters. The highest BCUT2D eigenvalue weighted by Gasteiger charge is 2.23. The lowest BCUT2D eigenvalue weighted by Crippen LogP contribution is -2.25. The van der Waals surface area contributed by atoms with Crippen molar-refractivity contribution in [2.45, 2.75) is 27.7 Å². The van der Waals surface area contributed by atoms with Crippen LogP contribution in [0, 0.1) is 11.8 Å². The number of Topliss-reactive ketones (excluding diaryl/α,β-unsaturated/α-hetero) is 4. The van der Waals surface area contributed by atoms with Gasteiger partial charge in [-0.2, -0.15) is 11.8 Å². The van der Waals surface area contributed by atoms with Crippen LogP contribution in [0.2, 0.25) is 0 Å². The van der Waals surface area contributed by atoms with Crippen LogP contribution in [0.25, 0.3) is 0 Å². The monoisotopic (exact) mass is 258 g/mol. The lowest BCUT2D eigenvalue weighted by atomic mass is 10.0. The Morgan fingerprint density at radius 1 is 0.706 bits per heavy atom. The van der Waals surface area contributed by atoms with Gasteiger partial charge in [-0.05, 0) is 27.7 Å². The van der Waals surface area contributed by atoms with E-state index in [9.17, 15) is 19.2 Å². The number of carbonyl (C=O) groups is 4. The predicted molar refractivity (Wildman–Crippen MR) is 67.0 cm³/mol. The van der Waals surface area contributed by atoms with E-state index in [2.05, 4.69) is 0 Å². The molecule has 5 heteroatoms. The first-order chi connectivity index (χ1) is 7.77. The Bertz CT molecular complexity index is 275. The van der Waals surface area contributed by atoms with Crippen molar-refractivity contribution in [3.8, 4) is 0 Å². The van der Waals surface area contributed by atoms with Crippen LogP contribution in [-0.4, -0.2) is 34.6 Å². The van der Waals surface area contributed by atoms with Crippen LogP contribution < -0.4 is 0 Å². The molecule has 0 aliphatic heterocycles. The summed E-state index contributed by atoms with van der Waals surface area (Å²) in [5.41, 5.74) is 0. The SMILES string of the molecule is CC(=O)C(CSCC(C(C)=O)C(C)=O)C(C)=O. The zero-order chi connectivity index (χ0) is 13.6. The molecule has 0 unspecified atom stereocenters. The third-order valence-electron chi connectivity index (χ3n) is 2.53. The van der Waals surface area contributed by atoms with E-state index in [-0.39, 0.29) is 23.1 Å². The van der Waals surface area contributed by atoms with Gasteiger partial charge in [-0.15, -0.1) is 0 Å². The minimum atomic E-state index is -0.625. The maximum atomic E-state index is 11.2. The van der Waals surface area contributed by atoms with E-state index in [0.717, 1.165) is 0 Å². The molecule has 0 aliphatic carbocycles. The minimum Gasteiger partial charge on any atom is -0.299 e. The molecule has 0 heterocycles. The quantitative estimate of drug-likeness (QED) is 0.614. The number of rotatable bonds is 8. The zero-order valence-electron chi connectivity index (χ0n) is 10.6. The predicted octanol–water partition coefficient (Wildman–Crippen LogP) is 1.31. The van der Waals surface area contributed by atoms with E-state index in [1.807, 2.05) is 0 Å². The van der Waals surface area contributed by atoms with Crippen molar-refractivity contribution in [3.05, 3.63) is 0 Å². The number of hydrogen-bond donors (Lipinski definition) is 0. The molecule has 0 saturated heterocycles. The van der Waals surface area contributed by atoms with E-state index in [0.29, 0.717) is 11.5 Å². The van der Waals surface area contributed by atoms with Crippen molar-refractivity contribution in [2.75, 3.05) is 11.5 Å². The first-order valence-corrected chi connectivity index (χ1v) is 6.52. The van der Waals surface area contributed by atoms with Crippen molar-refractivity contribution < 1.29 is 19.2 Å². The summed E-state index contributed by atoms with van der Waals surface area (Å²) in [6.07, 6.45) is 0. The van der Waals surface area contributed by atoms with Gasteiger partial charge in [-0.25, -0.2) is 0 Å². The summed E-state index contributed by atoms with van der Waals surface area (Å²) in [6, 6.07) is 0.